The SMILES string of the molecule is O=C(O)C(=O)O.OC(COCC1CCCO1)CN1CCN(c2cccc(C(F)(F)F)c2)CC1. The maximum Gasteiger partial charge on any atom is 0.416 e. The lowest BCUT2D eigenvalue weighted by Gasteiger charge is -2.37. The van der Waals surface area contributed by atoms with Crippen LogP contribution in [0.2, 0.25) is 0 Å². The second-order valence-corrected chi connectivity index (χ2v) is 7.77. The Morgan fingerprint density at radius 3 is 2.36 bits per heavy atom. The summed E-state index contributed by atoms with van der Waals surface area (Å²) in [5, 5.41) is 24.9. The van der Waals surface area contributed by atoms with Gasteiger partial charge in [0.1, 0.15) is 0 Å². The lowest BCUT2D eigenvalue weighted by molar-refractivity contribution is -0.159. The Kier molecular flexibility index (Phi) is 10.4. The van der Waals surface area contributed by atoms with Crippen LogP contribution in [0.1, 0.15) is 18.4 Å². The minimum Gasteiger partial charge on any atom is -0.473 e. The first kappa shape index (κ1) is 26.8. The van der Waals surface area contributed by atoms with Crippen molar-refractivity contribution in [2.24, 2.45) is 0 Å². The van der Waals surface area contributed by atoms with Gasteiger partial charge in [0.05, 0.1) is 31.0 Å². The Morgan fingerprint density at radius 2 is 1.82 bits per heavy atom. The summed E-state index contributed by atoms with van der Waals surface area (Å²) in [6, 6.07) is 5.44. The van der Waals surface area contributed by atoms with Gasteiger partial charge in [-0.25, -0.2) is 9.59 Å². The maximum absolute atomic E-state index is 12.9. The van der Waals surface area contributed by atoms with Gasteiger partial charge in [-0.15, -0.1) is 0 Å². The zero-order valence-electron chi connectivity index (χ0n) is 18.0. The third-order valence-corrected chi connectivity index (χ3v) is 5.20. The molecule has 2 aliphatic rings. The average Bonchev–Trinajstić information content (AvgIpc) is 3.28. The van der Waals surface area contributed by atoms with Crippen molar-refractivity contribution in [3.05, 3.63) is 29.8 Å². The second kappa shape index (κ2) is 12.7. The summed E-state index contributed by atoms with van der Waals surface area (Å²) in [7, 11) is 0. The van der Waals surface area contributed by atoms with Gasteiger partial charge < -0.3 is 29.7 Å². The fourth-order valence-electron chi connectivity index (χ4n) is 3.53. The molecule has 0 aliphatic carbocycles. The summed E-state index contributed by atoms with van der Waals surface area (Å²) in [6.45, 7) is 4.72. The Bertz CT molecular complexity index is 752. The van der Waals surface area contributed by atoms with Crippen molar-refractivity contribution in [1.29, 1.82) is 0 Å². The van der Waals surface area contributed by atoms with Gasteiger partial charge in [-0.3, -0.25) is 4.90 Å². The minimum absolute atomic E-state index is 0.146. The van der Waals surface area contributed by atoms with Crippen LogP contribution in [0, 0.1) is 0 Å². The number of ether oxygens (including phenoxy) is 2. The van der Waals surface area contributed by atoms with E-state index in [9.17, 15) is 18.3 Å². The molecule has 0 bridgehead atoms. The molecular formula is C21H29F3N2O7. The van der Waals surface area contributed by atoms with E-state index in [0.29, 0.717) is 45.0 Å². The zero-order valence-corrected chi connectivity index (χ0v) is 18.0. The Labute approximate surface area is 189 Å². The molecule has 2 saturated heterocycles. The van der Waals surface area contributed by atoms with E-state index in [0.717, 1.165) is 25.5 Å². The van der Waals surface area contributed by atoms with Crippen molar-refractivity contribution in [3.63, 3.8) is 0 Å². The van der Waals surface area contributed by atoms with Crippen LogP contribution < -0.4 is 4.90 Å². The summed E-state index contributed by atoms with van der Waals surface area (Å²) in [5.74, 6) is -3.65. The highest BCUT2D eigenvalue weighted by Gasteiger charge is 2.31. The predicted octanol–water partition coefficient (Wildman–Crippen LogP) is 1.54. The van der Waals surface area contributed by atoms with E-state index in [-0.39, 0.29) is 12.7 Å². The van der Waals surface area contributed by atoms with Crippen molar-refractivity contribution >= 4 is 17.6 Å². The number of carboxylic acids is 2. The van der Waals surface area contributed by atoms with Gasteiger partial charge in [-0.05, 0) is 31.0 Å². The molecule has 0 aromatic heterocycles. The third-order valence-electron chi connectivity index (χ3n) is 5.20. The number of rotatable bonds is 7. The lowest BCUT2D eigenvalue weighted by Crippen LogP contribution is -2.49. The number of halogens is 3. The highest BCUT2D eigenvalue weighted by atomic mass is 19.4. The van der Waals surface area contributed by atoms with Crippen LogP contribution in [0.4, 0.5) is 18.9 Å². The predicted molar refractivity (Wildman–Crippen MR) is 111 cm³/mol. The van der Waals surface area contributed by atoms with Crippen LogP contribution in [-0.4, -0.2) is 96.9 Å². The number of aliphatic hydroxyl groups is 1. The number of piperazine rings is 1. The van der Waals surface area contributed by atoms with Crippen LogP contribution in [-0.2, 0) is 25.2 Å². The van der Waals surface area contributed by atoms with Gasteiger partial charge in [-0.1, -0.05) is 6.07 Å². The van der Waals surface area contributed by atoms with Gasteiger partial charge >= 0.3 is 18.1 Å². The summed E-state index contributed by atoms with van der Waals surface area (Å²) in [4.78, 5) is 22.3. The number of alkyl halides is 3. The third kappa shape index (κ3) is 9.54. The summed E-state index contributed by atoms with van der Waals surface area (Å²) in [6.07, 6.45) is -2.69. The molecule has 33 heavy (non-hydrogen) atoms. The molecule has 3 N–H and O–H groups in total. The molecule has 2 unspecified atom stereocenters. The first-order valence-electron chi connectivity index (χ1n) is 10.5. The van der Waals surface area contributed by atoms with E-state index in [1.165, 1.54) is 12.1 Å². The number of aliphatic carboxylic acids is 2. The smallest absolute Gasteiger partial charge is 0.416 e. The van der Waals surface area contributed by atoms with E-state index in [1.54, 1.807) is 6.07 Å². The summed E-state index contributed by atoms with van der Waals surface area (Å²) >= 11 is 0. The van der Waals surface area contributed by atoms with E-state index in [4.69, 9.17) is 29.3 Å². The number of nitrogens with zero attached hydrogens (tertiary/aromatic N) is 2. The number of carboxylic acid groups (broad SMARTS) is 2. The molecule has 0 amide bonds. The molecule has 0 spiro atoms. The van der Waals surface area contributed by atoms with Gasteiger partial charge in [-0.2, -0.15) is 13.2 Å². The van der Waals surface area contributed by atoms with Crippen LogP contribution >= 0.6 is 0 Å². The van der Waals surface area contributed by atoms with Crippen molar-refractivity contribution in [1.82, 2.24) is 4.90 Å². The zero-order chi connectivity index (χ0) is 24.4. The van der Waals surface area contributed by atoms with Crippen molar-refractivity contribution < 1.29 is 47.6 Å². The van der Waals surface area contributed by atoms with Gasteiger partial charge in [0.25, 0.3) is 0 Å². The quantitative estimate of drug-likeness (QED) is 0.501. The topological polar surface area (TPSA) is 120 Å². The highest BCUT2D eigenvalue weighted by molar-refractivity contribution is 6.27. The Morgan fingerprint density at radius 1 is 1.15 bits per heavy atom. The number of hydrogen-bond acceptors (Lipinski definition) is 7. The molecule has 2 aliphatic heterocycles. The number of aliphatic hydroxyl groups excluding tert-OH is 1. The molecule has 0 saturated carbocycles. The normalized spacial score (nSPS) is 20.1. The van der Waals surface area contributed by atoms with Crippen molar-refractivity contribution in [2.75, 3.05) is 57.4 Å². The van der Waals surface area contributed by atoms with E-state index >= 15 is 0 Å². The highest BCUT2D eigenvalue weighted by Crippen LogP contribution is 2.31. The Balaban J connectivity index is 0.000000569. The van der Waals surface area contributed by atoms with Crippen LogP contribution in [0.15, 0.2) is 24.3 Å². The number of β-amino-alcohol motifs (C(OH)–C–C–N with tert-alkyl or cyclic N) is 1. The largest absolute Gasteiger partial charge is 0.473 e. The number of carbonyl (C=O) groups is 2. The molecule has 3 rings (SSSR count). The molecule has 2 atom stereocenters. The van der Waals surface area contributed by atoms with Crippen molar-refractivity contribution in [3.8, 4) is 0 Å². The molecule has 1 aromatic carbocycles. The molecule has 0 radical (unpaired) electrons. The number of hydrogen-bond donors (Lipinski definition) is 3. The standard InChI is InChI=1S/C19H27F3N2O3.C2H2O4/c20-19(21,22)15-3-1-4-16(11-15)24-8-6-23(7-9-24)12-17(25)13-26-14-18-5-2-10-27-18;3-1(4)2(5)6/h1,3-4,11,17-18,25H,2,5-10,12-14H2;(H,3,4)(H,5,6). The van der Waals surface area contributed by atoms with Crippen molar-refractivity contribution in [2.45, 2.75) is 31.2 Å². The summed E-state index contributed by atoms with van der Waals surface area (Å²) in [5.41, 5.74) is -0.0360. The fraction of sp³-hybridized carbons (Fsp3) is 0.619. The van der Waals surface area contributed by atoms with Gasteiger partial charge in [0.2, 0.25) is 0 Å². The minimum atomic E-state index is -4.33. The Hall–Kier alpha value is -2.41. The number of benzene rings is 1. The van der Waals surface area contributed by atoms with Gasteiger partial charge in [0.15, 0.2) is 0 Å². The molecule has 2 heterocycles. The molecule has 186 valence electrons. The molecule has 1 aromatic rings. The molecule has 9 nitrogen and oxygen atoms in total. The summed E-state index contributed by atoms with van der Waals surface area (Å²) < 4.78 is 49.6. The second-order valence-electron chi connectivity index (χ2n) is 7.77. The van der Waals surface area contributed by atoms with E-state index in [1.807, 2.05) is 4.90 Å². The molecule has 2 fully saturated rings. The lowest BCUT2D eigenvalue weighted by atomic mass is 10.1. The van der Waals surface area contributed by atoms with Crippen LogP contribution in [0.25, 0.3) is 0 Å². The van der Waals surface area contributed by atoms with Gasteiger partial charge in [0, 0.05) is 45.0 Å². The van der Waals surface area contributed by atoms with E-state index in [2.05, 4.69) is 4.90 Å². The monoisotopic (exact) mass is 478 g/mol. The van der Waals surface area contributed by atoms with E-state index < -0.39 is 29.8 Å². The first-order chi connectivity index (χ1) is 15.6. The van der Waals surface area contributed by atoms with Crippen LogP contribution in [0.5, 0.6) is 0 Å². The van der Waals surface area contributed by atoms with Crippen LogP contribution in [0.3, 0.4) is 0 Å². The molecular weight excluding hydrogens is 449 g/mol. The average molecular weight is 478 g/mol. The maximum atomic E-state index is 12.9. The molecule has 12 heteroatoms. The number of anilines is 1. The fourth-order valence-corrected chi connectivity index (χ4v) is 3.53. The first-order valence-corrected chi connectivity index (χ1v) is 10.5.